The first-order chi connectivity index (χ1) is 6.68. The number of aryl methyl sites for hydroxylation is 1. The lowest BCUT2D eigenvalue weighted by atomic mass is 10.1. The predicted molar refractivity (Wildman–Crippen MR) is 52.5 cm³/mol. The molecular weight excluding hydrogens is 204 g/mol. The number of aromatic hydroxyl groups is 1. The smallest absolute Gasteiger partial charge is 0.187 e. The van der Waals surface area contributed by atoms with E-state index in [9.17, 15) is 5.11 Å². The van der Waals surface area contributed by atoms with Gasteiger partial charge in [-0.2, -0.15) is 0 Å². The Labute approximate surface area is 87.2 Å². The summed E-state index contributed by atoms with van der Waals surface area (Å²) in [5.74, 6) is 0.196. The van der Waals surface area contributed by atoms with E-state index < -0.39 is 6.29 Å². The Balaban J connectivity index is 2.40. The number of hydrogen-bond acceptors (Lipinski definition) is 3. The van der Waals surface area contributed by atoms with Crippen LogP contribution in [0.3, 0.4) is 0 Å². The maximum atomic E-state index is 9.76. The van der Waals surface area contributed by atoms with Crippen LogP contribution in [0.1, 0.15) is 17.4 Å². The minimum atomic E-state index is -0.479. The maximum absolute atomic E-state index is 9.76. The SMILES string of the molecule is Cc1cc(Cl)cc(C2OCCO2)c1O. The predicted octanol–water partition coefficient (Wildman–Crippen LogP) is 2.40. The fourth-order valence-corrected chi connectivity index (χ4v) is 1.76. The van der Waals surface area contributed by atoms with Crippen LogP contribution in [0.4, 0.5) is 0 Å². The summed E-state index contributed by atoms with van der Waals surface area (Å²) in [7, 11) is 0. The van der Waals surface area contributed by atoms with Gasteiger partial charge in [-0.05, 0) is 24.6 Å². The van der Waals surface area contributed by atoms with E-state index in [0.717, 1.165) is 5.56 Å². The van der Waals surface area contributed by atoms with Gasteiger partial charge in [-0.25, -0.2) is 0 Å². The van der Waals surface area contributed by atoms with E-state index in [1.165, 1.54) is 0 Å². The molecule has 3 nitrogen and oxygen atoms in total. The highest BCUT2D eigenvalue weighted by Gasteiger charge is 2.22. The van der Waals surface area contributed by atoms with Crippen LogP contribution in [0.5, 0.6) is 5.75 Å². The molecule has 2 rings (SSSR count). The molecule has 1 aliphatic heterocycles. The summed E-state index contributed by atoms with van der Waals surface area (Å²) < 4.78 is 10.6. The van der Waals surface area contributed by atoms with Crippen LogP contribution in [0.15, 0.2) is 12.1 Å². The van der Waals surface area contributed by atoms with Crippen LogP contribution in [0.2, 0.25) is 5.02 Å². The quantitative estimate of drug-likeness (QED) is 0.780. The molecule has 1 saturated heterocycles. The highest BCUT2D eigenvalue weighted by Crippen LogP contribution is 2.34. The molecule has 1 aromatic rings. The molecular formula is C10H11ClO3. The molecule has 0 spiro atoms. The number of halogens is 1. The van der Waals surface area contributed by atoms with Crippen molar-refractivity contribution in [1.29, 1.82) is 0 Å². The van der Waals surface area contributed by atoms with E-state index in [1.807, 2.05) is 0 Å². The van der Waals surface area contributed by atoms with Crippen molar-refractivity contribution in [3.8, 4) is 5.75 Å². The van der Waals surface area contributed by atoms with Crippen LogP contribution in [0, 0.1) is 6.92 Å². The van der Waals surface area contributed by atoms with Gasteiger partial charge in [0.25, 0.3) is 0 Å². The van der Waals surface area contributed by atoms with E-state index >= 15 is 0 Å². The molecule has 0 amide bonds. The maximum Gasteiger partial charge on any atom is 0.187 e. The van der Waals surface area contributed by atoms with Crippen molar-refractivity contribution < 1.29 is 14.6 Å². The van der Waals surface area contributed by atoms with Gasteiger partial charge >= 0.3 is 0 Å². The second-order valence-electron chi connectivity index (χ2n) is 3.23. The number of benzene rings is 1. The van der Waals surface area contributed by atoms with Gasteiger partial charge in [0, 0.05) is 5.02 Å². The summed E-state index contributed by atoms with van der Waals surface area (Å²) in [5, 5.41) is 10.3. The van der Waals surface area contributed by atoms with E-state index in [2.05, 4.69) is 0 Å². The fourth-order valence-electron chi connectivity index (χ4n) is 1.48. The average molecular weight is 215 g/mol. The zero-order valence-electron chi connectivity index (χ0n) is 7.79. The molecule has 1 heterocycles. The third-order valence-electron chi connectivity index (χ3n) is 2.17. The molecule has 76 valence electrons. The zero-order chi connectivity index (χ0) is 10.1. The lowest BCUT2D eigenvalue weighted by Crippen LogP contribution is -1.99. The van der Waals surface area contributed by atoms with Gasteiger partial charge < -0.3 is 14.6 Å². The van der Waals surface area contributed by atoms with E-state index in [1.54, 1.807) is 19.1 Å². The second-order valence-corrected chi connectivity index (χ2v) is 3.67. The van der Waals surface area contributed by atoms with Crippen molar-refractivity contribution >= 4 is 11.6 Å². The molecule has 1 aromatic carbocycles. The Morgan fingerprint density at radius 1 is 1.36 bits per heavy atom. The topological polar surface area (TPSA) is 38.7 Å². The van der Waals surface area contributed by atoms with Crippen LogP contribution in [-0.2, 0) is 9.47 Å². The molecule has 4 heteroatoms. The summed E-state index contributed by atoms with van der Waals surface area (Å²) in [6.45, 7) is 2.89. The van der Waals surface area contributed by atoms with Crippen LogP contribution in [-0.4, -0.2) is 18.3 Å². The third kappa shape index (κ3) is 1.71. The van der Waals surface area contributed by atoms with Crippen LogP contribution < -0.4 is 0 Å². The number of phenols is 1. The molecule has 0 aromatic heterocycles. The molecule has 0 unspecified atom stereocenters. The molecule has 0 bridgehead atoms. The summed E-state index contributed by atoms with van der Waals surface area (Å²) in [6.07, 6.45) is -0.479. The number of phenolic OH excluding ortho intramolecular Hbond substituents is 1. The fraction of sp³-hybridized carbons (Fsp3) is 0.400. The molecule has 14 heavy (non-hydrogen) atoms. The van der Waals surface area contributed by atoms with E-state index in [-0.39, 0.29) is 5.75 Å². The van der Waals surface area contributed by atoms with Crippen molar-refractivity contribution in [3.63, 3.8) is 0 Å². The first kappa shape index (κ1) is 9.77. The lowest BCUT2D eigenvalue weighted by Gasteiger charge is -2.13. The zero-order valence-corrected chi connectivity index (χ0v) is 8.54. The Morgan fingerprint density at radius 3 is 2.64 bits per heavy atom. The molecule has 1 aliphatic rings. The minimum Gasteiger partial charge on any atom is -0.507 e. The number of hydrogen-bond donors (Lipinski definition) is 1. The average Bonchev–Trinajstić information content (AvgIpc) is 2.63. The van der Waals surface area contributed by atoms with Crippen molar-refractivity contribution in [2.45, 2.75) is 13.2 Å². The monoisotopic (exact) mass is 214 g/mol. The van der Waals surface area contributed by atoms with Crippen molar-refractivity contribution in [2.24, 2.45) is 0 Å². The molecule has 1 N–H and O–H groups in total. The Morgan fingerprint density at radius 2 is 2.00 bits per heavy atom. The highest BCUT2D eigenvalue weighted by molar-refractivity contribution is 6.30. The summed E-state index contributed by atoms with van der Waals surface area (Å²) >= 11 is 5.88. The molecule has 0 atom stereocenters. The van der Waals surface area contributed by atoms with Gasteiger partial charge in [-0.3, -0.25) is 0 Å². The van der Waals surface area contributed by atoms with Gasteiger partial charge in [-0.15, -0.1) is 0 Å². The second kappa shape index (κ2) is 3.77. The summed E-state index contributed by atoms with van der Waals surface area (Å²) in [5.41, 5.74) is 1.33. The Kier molecular flexibility index (Phi) is 2.63. The van der Waals surface area contributed by atoms with Crippen molar-refractivity contribution in [3.05, 3.63) is 28.3 Å². The third-order valence-corrected chi connectivity index (χ3v) is 2.39. The van der Waals surface area contributed by atoms with Gasteiger partial charge in [0.05, 0.1) is 18.8 Å². The molecule has 0 aliphatic carbocycles. The molecule has 0 radical (unpaired) electrons. The van der Waals surface area contributed by atoms with Crippen LogP contribution in [0.25, 0.3) is 0 Å². The van der Waals surface area contributed by atoms with Gasteiger partial charge in [0.1, 0.15) is 5.75 Å². The standard InChI is InChI=1S/C10H11ClO3/c1-6-4-7(11)5-8(9(6)12)10-13-2-3-14-10/h4-5,10,12H,2-3H2,1H3. The first-order valence-corrected chi connectivity index (χ1v) is 4.78. The van der Waals surface area contributed by atoms with Crippen molar-refractivity contribution in [1.82, 2.24) is 0 Å². The van der Waals surface area contributed by atoms with Crippen molar-refractivity contribution in [2.75, 3.05) is 13.2 Å². The minimum absolute atomic E-state index is 0.196. The van der Waals surface area contributed by atoms with E-state index in [0.29, 0.717) is 23.8 Å². The van der Waals surface area contributed by atoms with Gasteiger partial charge in [0.2, 0.25) is 0 Å². The number of rotatable bonds is 1. The largest absolute Gasteiger partial charge is 0.507 e. The first-order valence-electron chi connectivity index (χ1n) is 4.40. The van der Waals surface area contributed by atoms with Gasteiger partial charge in [0.15, 0.2) is 6.29 Å². The highest BCUT2D eigenvalue weighted by atomic mass is 35.5. The molecule has 1 fully saturated rings. The van der Waals surface area contributed by atoms with Gasteiger partial charge in [-0.1, -0.05) is 11.6 Å². The summed E-state index contributed by atoms with van der Waals surface area (Å²) in [4.78, 5) is 0. The summed E-state index contributed by atoms with van der Waals surface area (Å²) in [6, 6.07) is 3.37. The lowest BCUT2D eigenvalue weighted by molar-refractivity contribution is -0.0455. The number of ether oxygens (including phenoxy) is 2. The van der Waals surface area contributed by atoms with E-state index in [4.69, 9.17) is 21.1 Å². The normalized spacial score (nSPS) is 17.6. The molecule has 0 saturated carbocycles. The van der Waals surface area contributed by atoms with Crippen LogP contribution >= 0.6 is 11.6 Å². The Bertz CT molecular complexity index is 345. The Hall–Kier alpha value is -0.770.